The average Bonchev–Trinajstić information content (AvgIpc) is 1.84. The van der Waals surface area contributed by atoms with Crippen molar-refractivity contribution < 1.29 is 17.0 Å². The van der Waals surface area contributed by atoms with E-state index >= 15 is 0 Å². The van der Waals surface area contributed by atoms with Crippen molar-refractivity contribution in [3.63, 3.8) is 0 Å². The van der Waals surface area contributed by atoms with Crippen LogP contribution in [0.4, 0.5) is 4.39 Å². The molecule has 5 heteroatoms. The van der Waals surface area contributed by atoms with Crippen molar-refractivity contribution in [1.29, 1.82) is 0 Å². The van der Waals surface area contributed by atoms with Crippen LogP contribution in [0.5, 0.6) is 0 Å². The van der Waals surface area contributed by atoms with Crippen molar-refractivity contribution in [2.24, 2.45) is 0 Å². The molecule has 3 nitrogen and oxygen atoms in total. The van der Waals surface area contributed by atoms with Crippen LogP contribution in [0.3, 0.4) is 0 Å². The predicted molar refractivity (Wildman–Crippen MR) is 30.8 cm³/mol. The Morgan fingerprint density at radius 3 is 2.56 bits per heavy atom. The highest BCUT2D eigenvalue weighted by atomic mass is 32.2. The maximum Gasteiger partial charge on any atom is 0.308 e. The van der Waals surface area contributed by atoms with Crippen molar-refractivity contribution >= 4 is 10.1 Å². The van der Waals surface area contributed by atoms with Crippen molar-refractivity contribution in [3.05, 3.63) is 12.6 Å². The van der Waals surface area contributed by atoms with Gasteiger partial charge in [0.05, 0.1) is 5.75 Å². The Kier molecular flexibility index (Phi) is 3.22. The molecule has 0 aromatic rings. The molecular formula is C4H7FO3S. The van der Waals surface area contributed by atoms with E-state index in [-0.39, 0.29) is 12.1 Å². The Morgan fingerprint density at radius 2 is 2.22 bits per heavy atom. The van der Waals surface area contributed by atoms with Gasteiger partial charge >= 0.3 is 10.1 Å². The molecule has 0 spiro atoms. The monoisotopic (exact) mass is 154 g/mol. The van der Waals surface area contributed by atoms with E-state index in [4.69, 9.17) is 0 Å². The Morgan fingerprint density at radius 1 is 1.67 bits per heavy atom. The molecule has 0 aliphatic heterocycles. The van der Waals surface area contributed by atoms with Gasteiger partial charge in [0.15, 0.2) is 0 Å². The average molecular weight is 154 g/mol. The van der Waals surface area contributed by atoms with E-state index in [1.54, 1.807) is 0 Å². The number of hydrogen-bond acceptors (Lipinski definition) is 3. The van der Waals surface area contributed by atoms with E-state index in [2.05, 4.69) is 4.18 Å². The van der Waals surface area contributed by atoms with Gasteiger partial charge in [0.25, 0.3) is 0 Å². The first-order valence-electron chi connectivity index (χ1n) is 2.28. The van der Waals surface area contributed by atoms with E-state index < -0.39 is 10.1 Å². The van der Waals surface area contributed by atoms with Crippen LogP contribution in [0.25, 0.3) is 0 Å². The van der Waals surface area contributed by atoms with Gasteiger partial charge in [-0.15, -0.1) is 0 Å². The lowest BCUT2D eigenvalue weighted by molar-refractivity contribution is 0.436. The van der Waals surface area contributed by atoms with Gasteiger partial charge in [0.1, 0.15) is 12.6 Å². The molecule has 0 unspecified atom stereocenters. The Bertz CT molecular complexity index is 182. The van der Waals surface area contributed by atoms with Crippen LogP contribution in [-0.2, 0) is 14.3 Å². The summed E-state index contributed by atoms with van der Waals surface area (Å²) in [5.41, 5.74) is 0. The normalized spacial score (nSPS) is 12.2. The van der Waals surface area contributed by atoms with E-state index in [1.807, 2.05) is 0 Å². The van der Waals surface area contributed by atoms with Crippen LogP contribution in [0.2, 0.25) is 0 Å². The standard InChI is InChI=1S/C4H7FO3S/c1-2-9(6,7)8-4-3-5/h3-4H,2H2,1H3. The third-order valence-electron chi connectivity index (χ3n) is 0.607. The second-order valence-corrected chi connectivity index (χ2v) is 3.09. The lowest BCUT2D eigenvalue weighted by Crippen LogP contribution is -2.02. The van der Waals surface area contributed by atoms with E-state index in [0.717, 1.165) is 0 Å². The third kappa shape index (κ3) is 3.96. The summed E-state index contributed by atoms with van der Waals surface area (Å²) in [4.78, 5) is 0. The van der Waals surface area contributed by atoms with Crippen molar-refractivity contribution in [2.75, 3.05) is 5.75 Å². The molecule has 0 aliphatic carbocycles. The molecule has 0 rings (SSSR count). The molecule has 0 aliphatic rings. The largest absolute Gasteiger partial charge is 0.388 e. The summed E-state index contributed by atoms with van der Waals surface area (Å²) < 4.78 is 35.7. The van der Waals surface area contributed by atoms with Crippen LogP contribution < -0.4 is 0 Å². The Labute approximate surface area is 53.3 Å². The minimum absolute atomic E-state index is 0.0210. The van der Waals surface area contributed by atoms with Crippen LogP contribution >= 0.6 is 0 Å². The molecule has 0 saturated carbocycles. The van der Waals surface area contributed by atoms with Gasteiger partial charge in [-0.05, 0) is 6.92 Å². The van der Waals surface area contributed by atoms with Gasteiger partial charge in [-0.2, -0.15) is 8.42 Å². The highest BCUT2D eigenvalue weighted by Gasteiger charge is 2.02. The molecule has 0 aromatic heterocycles. The minimum Gasteiger partial charge on any atom is -0.388 e. The zero-order valence-electron chi connectivity index (χ0n) is 4.87. The van der Waals surface area contributed by atoms with Crippen molar-refractivity contribution in [3.8, 4) is 0 Å². The van der Waals surface area contributed by atoms with Crippen LogP contribution in [-0.4, -0.2) is 14.2 Å². The van der Waals surface area contributed by atoms with Gasteiger partial charge in [-0.3, -0.25) is 0 Å². The molecule has 0 saturated heterocycles. The number of hydrogen-bond donors (Lipinski definition) is 0. The third-order valence-corrected chi connectivity index (χ3v) is 1.72. The van der Waals surface area contributed by atoms with Crippen molar-refractivity contribution in [2.45, 2.75) is 6.92 Å². The molecule has 0 bridgehead atoms. The van der Waals surface area contributed by atoms with Crippen molar-refractivity contribution in [1.82, 2.24) is 0 Å². The van der Waals surface area contributed by atoms with Gasteiger partial charge in [-0.1, -0.05) is 0 Å². The molecule has 0 radical (unpaired) electrons. The SMILES string of the molecule is CCS(=O)(=O)OC=CF. The summed E-state index contributed by atoms with van der Waals surface area (Å²) in [7, 11) is -3.51. The Balaban J connectivity index is 3.90. The molecule has 9 heavy (non-hydrogen) atoms. The fraction of sp³-hybridized carbons (Fsp3) is 0.500. The summed E-state index contributed by atoms with van der Waals surface area (Å²) >= 11 is 0. The molecule has 0 heterocycles. The smallest absolute Gasteiger partial charge is 0.308 e. The van der Waals surface area contributed by atoms with Gasteiger partial charge in [-0.25, -0.2) is 4.39 Å². The molecule has 54 valence electrons. The number of halogens is 1. The topological polar surface area (TPSA) is 43.4 Å². The first kappa shape index (κ1) is 8.42. The highest BCUT2D eigenvalue weighted by molar-refractivity contribution is 7.86. The summed E-state index contributed by atoms with van der Waals surface area (Å²) in [6.07, 6.45) is 0.506. The predicted octanol–water partition coefficient (Wildman–Crippen LogP) is 0.793. The zero-order chi connectivity index (χ0) is 7.33. The second kappa shape index (κ2) is 3.45. The quantitative estimate of drug-likeness (QED) is 0.446. The fourth-order valence-corrected chi connectivity index (χ4v) is 0.521. The minimum atomic E-state index is -3.51. The van der Waals surface area contributed by atoms with Crippen LogP contribution in [0, 0.1) is 0 Å². The lowest BCUT2D eigenvalue weighted by Gasteiger charge is -1.94. The fourth-order valence-electron chi connectivity index (χ4n) is 0.174. The maximum atomic E-state index is 11.1. The number of rotatable bonds is 3. The van der Waals surface area contributed by atoms with Gasteiger partial charge in [0, 0.05) is 0 Å². The first-order valence-corrected chi connectivity index (χ1v) is 3.86. The summed E-state index contributed by atoms with van der Waals surface area (Å²) in [6, 6.07) is 0. The van der Waals surface area contributed by atoms with E-state index in [9.17, 15) is 12.8 Å². The molecule has 0 atom stereocenters. The molecule has 0 N–H and O–H groups in total. The molecular weight excluding hydrogens is 147 g/mol. The highest BCUT2D eigenvalue weighted by Crippen LogP contribution is 1.92. The van der Waals surface area contributed by atoms with Crippen LogP contribution in [0.15, 0.2) is 12.6 Å². The zero-order valence-corrected chi connectivity index (χ0v) is 5.69. The van der Waals surface area contributed by atoms with E-state index in [1.165, 1.54) is 6.92 Å². The maximum absolute atomic E-state index is 11.1. The Hall–Kier alpha value is -0.580. The van der Waals surface area contributed by atoms with Gasteiger partial charge < -0.3 is 4.18 Å². The van der Waals surface area contributed by atoms with Gasteiger partial charge in [0.2, 0.25) is 0 Å². The second-order valence-electron chi connectivity index (χ2n) is 1.20. The summed E-state index contributed by atoms with van der Waals surface area (Å²) in [5.74, 6) is -0.155. The molecule has 0 amide bonds. The lowest BCUT2D eigenvalue weighted by atomic mass is 11.0. The van der Waals surface area contributed by atoms with E-state index in [0.29, 0.717) is 6.26 Å². The molecule has 0 aromatic carbocycles. The van der Waals surface area contributed by atoms with Crippen LogP contribution in [0.1, 0.15) is 6.92 Å². The summed E-state index contributed by atoms with van der Waals surface area (Å²) in [5, 5.41) is 0. The molecule has 0 fully saturated rings. The summed E-state index contributed by atoms with van der Waals surface area (Å²) in [6.45, 7) is 1.40. The first-order chi connectivity index (χ1) is 4.12.